The van der Waals surface area contributed by atoms with E-state index in [-0.39, 0.29) is 11.4 Å². The minimum Gasteiger partial charge on any atom is -0.329 e. The van der Waals surface area contributed by atoms with Gasteiger partial charge in [0, 0.05) is 13.6 Å². The Kier molecular flexibility index (Phi) is 4.40. The number of hydrogen-bond acceptors (Lipinski definition) is 6. The number of hydrogen-bond donors (Lipinski definition) is 2. The van der Waals surface area contributed by atoms with Crippen LogP contribution in [0.3, 0.4) is 0 Å². The normalized spacial score (nSPS) is 12.0. The lowest BCUT2D eigenvalue weighted by molar-refractivity contribution is 0.575. The standard InChI is InChI=1S/C11H19N7O2S/c1-8-11(9(2)18(15-8)5-4-12)21(19,20)14-6-10-13-7-17(3)16-10/h7,14H,4-6,12H2,1-3H3. The van der Waals surface area contributed by atoms with Gasteiger partial charge in [-0.15, -0.1) is 0 Å². The van der Waals surface area contributed by atoms with Gasteiger partial charge in [-0.25, -0.2) is 18.1 Å². The molecule has 2 aromatic heterocycles. The summed E-state index contributed by atoms with van der Waals surface area (Å²) in [5.41, 5.74) is 6.51. The van der Waals surface area contributed by atoms with E-state index < -0.39 is 10.0 Å². The number of rotatable bonds is 6. The zero-order chi connectivity index (χ0) is 15.6. The maximum Gasteiger partial charge on any atom is 0.244 e. The molecule has 2 aromatic rings. The average molecular weight is 313 g/mol. The molecule has 10 heteroatoms. The van der Waals surface area contributed by atoms with Crippen LogP contribution in [0.5, 0.6) is 0 Å². The molecule has 21 heavy (non-hydrogen) atoms. The maximum absolute atomic E-state index is 12.4. The maximum atomic E-state index is 12.4. The molecule has 0 spiro atoms. The van der Waals surface area contributed by atoms with Crippen LogP contribution in [-0.2, 0) is 30.2 Å². The van der Waals surface area contributed by atoms with Gasteiger partial charge in [0.2, 0.25) is 10.0 Å². The van der Waals surface area contributed by atoms with Gasteiger partial charge in [0.05, 0.1) is 24.5 Å². The van der Waals surface area contributed by atoms with Crippen molar-refractivity contribution in [2.45, 2.75) is 31.8 Å². The third-order valence-electron chi connectivity index (χ3n) is 2.99. The van der Waals surface area contributed by atoms with Gasteiger partial charge < -0.3 is 5.73 Å². The summed E-state index contributed by atoms with van der Waals surface area (Å²) in [6, 6.07) is 0. The fourth-order valence-corrected chi connectivity index (χ4v) is 3.49. The van der Waals surface area contributed by atoms with Gasteiger partial charge in [-0.3, -0.25) is 9.36 Å². The third-order valence-corrected chi connectivity index (χ3v) is 4.64. The van der Waals surface area contributed by atoms with Crippen molar-refractivity contribution in [1.29, 1.82) is 0 Å². The van der Waals surface area contributed by atoms with Gasteiger partial charge in [-0.05, 0) is 13.8 Å². The first-order valence-electron chi connectivity index (χ1n) is 6.43. The van der Waals surface area contributed by atoms with Crippen LogP contribution < -0.4 is 10.5 Å². The minimum absolute atomic E-state index is 0.0319. The van der Waals surface area contributed by atoms with Crippen molar-refractivity contribution in [2.24, 2.45) is 12.8 Å². The number of nitrogens with two attached hydrogens (primary N) is 1. The Morgan fingerprint density at radius 2 is 2.05 bits per heavy atom. The van der Waals surface area contributed by atoms with Gasteiger partial charge in [0.1, 0.15) is 11.2 Å². The summed E-state index contributed by atoms with van der Waals surface area (Å²) >= 11 is 0. The molecule has 116 valence electrons. The molecule has 0 unspecified atom stereocenters. The second-order valence-electron chi connectivity index (χ2n) is 4.67. The van der Waals surface area contributed by atoms with E-state index in [1.54, 1.807) is 25.6 Å². The van der Waals surface area contributed by atoms with E-state index in [0.717, 1.165) is 0 Å². The molecule has 2 heterocycles. The van der Waals surface area contributed by atoms with Gasteiger partial charge in [-0.1, -0.05) is 0 Å². The Labute approximate surface area is 123 Å². The van der Waals surface area contributed by atoms with Crippen LogP contribution in [0.1, 0.15) is 17.2 Å². The minimum atomic E-state index is -3.67. The topological polar surface area (TPSA) is 121 Å². The molecule has 0 aliphatic heterocycles. The smallest absolute Gasteiger partial charge is 0.244 e. The Morgan fingerprint density at radius 3 is 2.62 bits per heavy atom. The molecule has 0 aliphatic carbocycles. The van der Waals surface area contributed by atoms with Crippen molar-refractivity contribution in [1.82, 2.24) is 29.3 Å². The first-order valence-corrected chi connectivity index (χ1v) is 7.91. The summed E-state index contributed by atoms with van der Waals surface area (Å²) in [7, 11) is -1.95. The molecule has 0 bridgehead atoms. The molecule has 0 radical (unpaired) electrons. The summed E-state index contributed by atoms with van der Waals surface area (Å²) in [5.74, 6) is 0.408. The van der Waals surface area contributed by atoms with E-state index in [4.69, 9.17) is 5.73 Å². The van der Waals surface area contributed by atoms with Crippen molar-refractivity contribution in [2.75, 3.05) is 6.54 Å². The van der Waals surface area contributed by atoms with Crippen molar-refractivity contribution in [3.05, 3.63) is 23.5 Å². The van der Waals surface area contributed by atoms with E-state index in [1.165, 1.54) is 11.0 Å². The quantitative estimate of drug-likeness (QED) is 0.710. The van der Waals surface area contributed by atoms with Crippen molar-refractivity contribution in [3.63, 3.8) is 0 Å². The highest BCUT2D eigenvalue weighted by Crippen LogP contribution is 2.19. The molecule has 0 aliphatic rings. The second-order valence-corrected chi connectivity index (χ2v) is 6.37. The van der Waals surface area contributed by atoms with Gasteiger partial charge in [-0.2, -0.15) is 10.2 Å². The molecule has 0 atom stereocenters. The van der Waals surface area contributed by atoms with E-state index in [9.17, 15) is 8.42 Å². The predicted octanol–water partition coefficient (Wildman–Crippen LogP) is -0.934. The van der Waals surface area contributed by atoms with Gasteiger partial charge in [0.25, 0.3) is 0 Å². The Balaban J connectivity index is 2.23. The van der Waals surface area contributed by atoms with E-state index in [1.807, 2.05) is 0 Å². The lowest BCUT2D eigenvalue weighted by Gasteiger charge is -2.06. The highest BCUT2D eigenvalue weighted by Gasteiger charge is 2.24. The molecule has 0 amide bonds. The summed E-state index contributed by atoms with van der Waals surface area (Å²) < 4.78 is 30.4. The summed E-state index contributed by atoms with van der Waals surface area (Å²) in [5, 5.41) is 8.24. The zero-order valence-corrected chi connectivity index (χ0v) is 13.1. The van der Waals surface area contributed by atoms with Crippen molar-refractivity contribution < 1.29 is 8.42 Å². The Bertz CT molecular complexity index is 732. The average Bonchev–Trinajstić information content (AvgIpc) is 2.93. The number of aromatic nitrogens is 5. The molecule has 0 saturated heterocycles. The number of sulfonamides is 1. The highest BCUT2D eigenvalue weighted by atomic mass is 32.2. The van der Waals surface area contributed by atoms with Crippen LogP contribution in [0.15, 0.2) is 11.2 Å². The first kappa shape index (κ1) is 15.6. The zero-order valence-electron chi connectivity index (χ0n) is 12.2. The van der Waals surface area contributed by atoms with E-state index >= 15 is 0 Å². The van der Waals surface area contributed by atoms with Crippen LogP contribution in [-0.4, -0.2) is 39.5 Å². The molecule has 3 N–H and O–H groups in total. The molecule has 0 aromatic carbocycles. The van der Waals surface area contributed by atoms with Crippen LogP contribution in [0.25, 0.3) is 0 Å². The molecule has 9 nitrogen and oxygen atoms in total. The van der Waals surface area contributed by atoms with Crippen LogP contribution in [0, 0.1) is 13.8 Å². The third kappa shape index (κ3) is 3.28. The SMILES string of the molecule is Cc1nn(CCN)c(C)c1S(=O)(=O)NCc1ncn(C)n1. The molecular weight excluding hydrogens is 294 g/mol. The molecule has 0 saturated carbocycles. The van der Waals surface area contributed by atoms with E-state index in [2.05, 4.69) is 19.9 Å². The monoisotopic (exact) mass is 313 g/mol. The molecular formula is C11H19N7O2S. The van der Waals surface area contributed by atoms with Gasteiger partial charge >= 0.3 is 0 Å². The fraction of sp³-hybridized carbons (Fsp3) is 0.545. The lowest BCUT2D eigenvalue weighted by Crippen LogP contribution is -2.25. The largest absolute Gasteiger partial charge is 0.329 e. The Hall–Kier alpha value is -1.78. The summed E-state index contributed by atoms with van der Waals surface area (Å²) in [4.78, 5) is 4.17. The highest BCUT2D eigenvalue weighted by molar-refractivity contribution is 7.89. The van der Waals surface area contributed by atoms with Crippen molar-refractivity contribution in [3.8, 4) is 0 Å². The van der Waals surface area contributed by atoms with Crippen LogP contribution in [0.2, 0.25) is 0 Å². The number of nitrogens with zero attached hydrogens (tertiary/aromatic N) is 5. The second kappa shape index (κ2) is 5.92. The summed E-state index contributed by atoms with van der Waals surface area (Å²) in [6.45, 7) is 4.28. The lowest BCUT2D eigenvalue weighted by atomic mass is 10.4. The molecule has 0 fully saturated rings. The Morgan fingerprint density at radius 1 is 1.33 bits per heavy atom. The number of nitrogens with one attached hydrogen (secondary N) is 1. The van der Waals surface area contributed by atoms with E-state index in [0.29, 0.717) is 30.3 Å². The number of aryl methyl sites for hydroxylation is 2. The van der Waals surface area contributed by atoms with Crippen LogP contribution in [0.4, 0.5) is 0 Å². The molecule has 2 rings (SSSR count). The fourth-order valence-electron chi connectivity index (χ4n) is 2.11. The predicted molar refractivity (Wildman–Crippen MR) is 75.8 cm³/mol. The summed E-state index contributed by atoms with van der Waals surface area (Å²) in [6.07, 6.45) is 1.51. The first-order chi connectivity index (χ1) is 9.85. The van der Waals surface area contributed by atoms with Gasteiger partial charge in [0.15, 0.2) is 5.82 Å². The van der Waals surface area contributed by atoms with Crippen LogP contribution >= 0.6 is 0 Å². The van der Waals surface area contributed by atoms with Crippen molar-refractivity contribution >= 4 is 10.0 Å².